The number of aromatic nitrogens is 2. The summed E-state index contributed by atoms with van der Waals surface area (Å²) in [4.78, 5) is 16.4. The minimum Gasteiger partial charge on any atom is -0.297 e. The van der Waals surface area contributed by atoms with Crippen molar-refractivity contribution in [3.8, 4) is 0 Å². The molecule has 2 aliphatic carbocycles. The van der Waals surface area contributed by atoms with Gasteiger partial charge in [-0.05, 0) is 38.5 Å². The molecule has 0 radical (unpaired) electrons. The maximum Gasteiger partial charge on any atom is 0.253 e. The van der Waals surface area contributed by atoms with E-state index in [1.807, 2.05) is 11.5 Å². The molecule has 2 fully saturated rings. The third kappa shape index (κ3) is 1.83. The Hall–Kier alpha value is -1.12. The van der Waals surface area contributed by atoms with Gasteiger partial charge in [0.05, 0.1) is 5.69 Å². The highest BCUT2D eigenvalue weighted by Crippen LogP contribution is 2.38. The largest absolute Gasteiger partial charge is 0.297 e. The van der Waals surface area contributed by atoms with Crippen LogP contribution in [0.3, 0.4) is 0 Å². The molecule has 3 rings (SSSR count). The molecule has 0 aromatic carbocycles. The van der Waals surface area contributed by atoms with E-state index >= 15 is 0 Å². The quantitative estimate of drug-likeness (QED) is 0.753. The van der Waals surface area contributed by atoms with E-state index in [4.69, 9.17) is 0 Å². The van der Waals surface area contributed by atoms with Crippen LogP contribution in [-0.2, 0) is 6.54 Å². The van der Waals surface area contributed by atoms with Crippen molar-refractivity contribution in [3.63, 3.8) is 0 Å². The Bertz CT molecular complexity index is 441. The summed E-state index contributed by atoms with van der Waals surface area (Å²) < 4.78 is 1.84. The van der Waals surface area contributed by atoms with E-state index in [9.17, 15) is 4.79 Å². The lowest BCUT2D eigenvalue weighted by Crippen LogP contribution is -2.24. The van der Waals surface area contributed by atoms with Gasteiger partial charge in [-0.2, -0.15) is 0 Å². The summed E-state index contributed by atoms with van der Waals surface area (Å²) >= 11 is 0. The van der Waals surface area contributed by atoms with Crippen LogP contribution in [0.2, 0.25) is 0 Å². The highest BCUT2D eigenvalue weighted by molar-refractivity contribution is 5.14. The molecule has 3 heteroatoms. The second-order valence-electron chi connectivity index (χ2n) is 4.89. The van der Waals surface area contributed by atoms with Gasteiger partial charge in [0, 0.05) is 18.5 Å². The maximum atomic E-state index is 11.9. The molecular formula is C12H16N2O. The zero-order valence-electron chi connectivity index (χ0n) is 9.07. The predicted octanol–water partition coefficient (Wildman–Crippen LogP) is 1.84. The normalized spacial score (nSPS) is 20.6. The number of rotatable bonds is 3. The van der Waals surface area contributed by atoms with E-state index in [1.54, 1.807) is 6.07 Å². The molecule has 1 aromatic rings. The summed E-state index contributed by atoms with van der Waals surface area (Å²) in [7, 11) is 0. The molecule has 1 heterocycles. The van der Waals surface area contributed by atoms with E-state index in [1.165, 1.54) is 25.7 Å². The minimum absolute atomic E-state index is 0.149. The third-order valence-electron chi connectivity index (χ3n) is 3.35. The van der Waals surface area contributed by atoms with Crippen LogP contribution in [-0.4, -0.2) is 9.55 Å². The summed E-state index contributed by atoms with van der Waals surface area (Å²) in [5.41, 5.74) is 1.17. The van der Waals surface area contributed by atoms with Crippen LogP contribution in [0.4, 0.5) is 0 Å². The van der Waals surface area contributed by atoms with Crippen molar-refractivity contribution in [2.24, 2.45) is 5.92 Å². The van der Waals surface area contributed by atoms with E-state index in [2.05, 4.69) is 4.98 Å². The summed E-state index contributed by atoms with van der Waals surface area (Å²) in [5, 5.41) is 0. The summed E-state index contributed by atoms with van der Waals surface area (Å²) in [5.74, 6) is 2.21. The first kappa shape index (κ1) is 9.13. The number of hydrogen-bond donors (Lipinski definition) is 0. The Morgan fingerprint density at radius 1 is 1.40 bits per heavy atom. The first-order chi connectivity index (χ1) is 7.24. The zero-order chi connectivity index (χ0) is 10.4. The van der Waals surface area contributed by atoms with Gasteiger partial charge >= 0.3 is 0 Å². The van der Waals surface area contributed by atoms with Crippen LogP contribution in [0.1, 0.15) is 43.1 Å². The molecule has 0 unspecified atom stereocenters. The van der Waals surface area contributed by atoms with Gasteiger partial charge in [0.2, 0.25) is 0 Å². The van der Waals surface area contributed by atoms with Crippen molar-refractivity contribution >= 4 is 0 Å². The highest BCUT2D eigenvalue weighted by atomic mass is 16.1. The van der Waals surface area contributed by atoms with Crippen molar-refractivity contribution in [2.75, 3.05) is 0 Å². The molecule has 2 saturated carbocycles. The van der Waals surface area contributed by atoms with Crippen LogP contribution >= 0.6 is 0 Å². The molecule has 1 aromatic heterocycles. The van der Waals surface area contributed by atoms with E-state index in [-0.39, 0.29) is 5.56 Å². The third-order valence-corrected chi connectivity index (χ3v) is 3.35. The first-order valence-corrected chi connectivity index (χ1v) is 5.82. The lowest BCUT2D eigenvalue weighted by Gasteiger charge is -2.09. The molecule has 0 N–H and O–H groups in total. The Balaban J connectivity index is 1.95. The smallest absolute Gasteiger partial charge is 0.253 e. The fourth-order valence-corrected chi connectivity index (χ4v) is 2.01. The summed E-state index contributed by atoms with van der Waals surface area (Å²) in [6.07, 6.45) is 4.96. The molecule has 0 spiro atoms. The molecule has 0 saturated heterocycles. The molecule has 15 heavy (non-hydrogen) atoms. The average molecular weight is 204 g/mol. The standard InChI is InChI=1S/C12H16N2O/c1-8-13-11(10-4-5-10)6-12(15)14(8)7-9-2-3-9/h6,9-10H,2-5,7H2,1H3. The van der Waals surface area contributed by atoms with E-state index < -0.39 is 0 Å². The average Bonchev–Trinajstić information content (AvgIpc) is 3.01. The molecule has 0 amide bonds. The molecule has 2 aliphatic rings. The second kappa shape index (κ2) is 3.19. The number of nitrogens with zero attached hydrogens (tertiary/aromatic N) is 2. The van der Waals surface area contributed by atoms with E-state index in [0.29, 0.717) is 5.92 Å². The topological polar surface area (TPSA) is 34.9 Å². The fourth-order valence-electron chi connectivity index (χ4n) is 2.01. The van der Waals surface area contributed by atoms with Crippen LogP contribution in [0.15, 0.2) is 10.9 Å². The molecule has 0 bridgehead atoms. The lowest BCUT2D eigenvalue weighted by molar-refractivity contribution is 0.573. The molecule has 0 atom stereocenters. The Morgan fingerprint density at radius 3 is 2.67 bits per heavy atom. The summed E-state index contributed by atoms with van der Waals surface area (Å²) in [6, 6.07) is 1.74. The molecule has 0 aliphatic heterocycles. The van der Waals surface area contributed by atoms with Gasteiger partial charge in [-0.3, -0.25) is 9.36 Å². The van der Waals surface area contributed by atoms with Crippen LogP contribution in [0, 0.1) is 12.8 Å². The Labute approximate surface area is 89.2 Å². The molecule has 80 valence electrons. The van der Waals surface area contributed by atoms with Gasteiger partial charge in [0.25, 0.3) is 5.56 Å². The van der Waals surface area contributed by atoms with Crippen molar-refractivity contribution in [2.45, 2.75) is 45.1 Å². The van der Waals surface area contributed by atoms with Crippen LogP contribution in [0.25, 0.3) is 0 Å². The van der Waals surface area contributed by atoms with Crippen LogP contribution in [0.5, 0.6) is 0 Å². The van der Waals surface area contributed by atoms with Crippen molar-refractivity contribution in [3.05, 3.63) is 27.9 Å². The minimum atomic E-state index is 0.149. The predicted molar refractivity (Wildman–Crippen MR) is 57.9 cm³/mol. The highest BCUT2D eigenvalue weighted by Gasteiger charge is 2.27. The van der Waals surface area contributed by atoms with Gasteiger partial charge in [0.15, 0.2) is 0 Å². The van der Waals surface area contributed by atoms with Crippen LogP contribution < -0.4 is 5.56 Å². The Morgan fingerprint density at radius 2 is 2.13 bits per heavy atom. The van der Waals surface area contributed by atoms with Gasteiger partial charge in [-0.15, -0.1) is 0 Å². The monoisotopic (exact) mass is 204 g/mol. The zero-order valence-corrected chi connectivity index (χ0v) is 9.07. The van der Waals surface area contributed by atoms with Gasteiger partial charge in [-0.25, -0.2) is 4.98 Å². The van der Waals surface area contributed by atoms with Gasteiger partial charge in [-0.1, -0.05) is 0 Å². The number of hydrogen-bond acceptors (Lipinski definition) is 2. The second-order valence-corrected chi connectivity index (χ2v) is 4.89. The molecule has 3 nitrogen and oxygen atoms in total. The maximum absolute atomic E-state index is 11.9. The first-order valence-electron chi connectivity index (χ1n) is 5.82. The van der Waals surface area contributed by atoms with Crippen molar-refractivity contribution < 1.29 is 0 Å². The van der Waals surface area contributed by atoms with E-state index in [0.717, 1.165) is 24.0 Å². The summed E-state index contributed by atoms with van der Waals surface area (Å²) in [6.45, 7) is 2.83. The van der Waals surface area contributed by atoms with Crippen molar-refractivity contribution in [1.82, 2.24) is 9.55 Å². The Kier molecular flexibility index (Phi) is 1.94. The molecular weight excluding hydrogens is 188 g/mol. The van der Waals surface area contributed by atoms with Gasteiger partial charge < -0.3 is 0 Å². The number of aryl methyl sites for hydroxylation is 1. The van der Waals surface area contributed by atoms with Gasteiger partial charge in [0.1, 0.15) is 5.82 Å². The van der Waals surface area contributed by atoms with Crippen molar-refractivity contribution in [1.29, 1.82) is 0 Å². The SMILES string of the molecule is Cc1nc(C2CC2)cc(=O)n1CC1CC1. The fraction of sp³-hybridized carbons (Fsp3) is 0.667. The lowest BCUT2D eigenvalue weighted by atomic mass is 10.2.